The number of hydrogen-bond donors (Lipinski definition) is 1. The molecule has 0 unspecified atom stereocenters. The summed E-state index contributed by atoms with van der Waals surface area (Å²) in [6, 6.07) is 8.65. The average molecular weight is 431 g/mol. The van der Waals surface area contributed by atoms with Gasteiger partial charge in [0.25, 0.3) is 10.0 Å². The minimum atomic E-state index is -3.62. The van der Waals surface area contributed by atoms with Gasteiger partial charge in [-0.25, -0.2) is 13.2 Å². The number of hydrogen-bond acceptors (Lipinski definition) is 5. The Labute approximate surface area is 152 Å². The lowest BCUT2D eigenvalue weighted by atomic mass is 9.99. The molecular formula is C15H15BrN2O4S2. The standard InChI is InChI=1S/C15H15BrN2O4S2/c1-22-15(19)18-7-6-10-2-3-12(8-11(10)9-18)17-24(20,21)14-5-4-13(16)23-14/h2-5,8,17H,6-7,9H2,1H3. The van der Waals surface area contributed by atoms with Gasteiger partial charge in [0.15, 0.2) is 0 Å². The minimum absolute atomic E-state index is 0.239. The molecule has 2 heterocycles. The summed E-state index contributed by atoms with van der Waals surface area (Å²) < 4.78 is 33.1. The van der Waals surface area contributed by atoms with Crippen LogP contribution in [0.1, 0.15) is 11.1 Å². The van der Waals surface area contributed by atoms with Crippen molar-refractivity contribution in [3.8, 4) is 0 Å². The summed E-state index contributed by atoms with van der Waals surface area (Å²) in [5.41, 5.74) is 2.50. The molecule has 1 aromatic carbocycles. The first-order valence-corrected chi connectivity index (χ1v) is 10.2. The summed E-state index contributed by atoms with van der Waals surface area (Å²) in [5.74, 6) is 0. The van der Waals surface area contributed by atoms with Crippen LogP contribution in [0.5, 0.6) is 0 Å². The summed E-state index contributed by atoms with van der Waals surface area (Å²) in [5, 5.41) is 0. The first-order chi connectivity index (χ1) is 11.4. The van der Waals surface area contributed by atoms with Crippen LogP contribution in [-0.4, -0.2) is 33.1 Å². The number of thiophene rings is 1. The second-order valence-electron chi connectivity index (χ2n) is 5.29. The fourth-order valence-electron chi connectivity index (χ4n) is 2.55. The van der Waals surface area contributed by atoms with Crippen molar-refractivity contribution in [2.24, 2.45) is 0 Å². The molecule has 24 heavy (non-hydrogen) atoms. The zero-order valence-electron chi connectivity index (χ0n) is 12.8. The van der Waals surface area contributed by atoms with Gasteiger partial charge in [-0.3, -0.25) is 4.72 Å². The summed E-state index contributed by atoms with van der Waals surface area (Å²) in [7, 11) is -2.27. The summed E-state index contributed by atoms with van der Waals surface area (Å²) in [6.45, 7) is 0.996. The quantitative estimate of drug-likeness (QED) is 0.808. The van der Waals surface area contributed by atoms with Crippen LogP contribution in [-0.2, 0) is 27.7 Å². The highest BCUT2D eigenvalue weighted by atomic mass is 79.9. The van der Waals surface area contributed by atoms with E-state index in [0.29, 0.717) is 18.8 Å². The van der Waals surface area contributed by atoms with Crippen LogP contribution in [0.2, 0.25) is 0 Å². The SMILES string of the molecule is COC(=O)N1CCc2ccc(NS(=O)(=O)c3ccc(Br)s3)cc2C1. The number of nitrogens with zero attached hydrogens (tertiary/aromatic N) is 1. The Morgan fingerprint density at radius 1 is 1.29 bits per heavy atom. The average Bonchev–Trinajstić information content (AvgIpc) is 3.00. The maximum absolute atomic E-state index is 12.4. The van der Waals surface area contributed by atoms with Crippen LogP contribution >= 0.6 is 27.3 Å². The summed E-state index contributed by atoms with van der Waals surface area (Å²) >= 11 is 4.41. The van der Waals surface area contributed by atoms with Crippen molar-refractivity contribution in [2.45, 2.75) is 17.2 Å². The van der Waals surface area contributed by atoms with Crippen molar-refractivity contribution < 1.29 is 17.9 Å². The van der Waals surface area contributed by atoms with Crippen LogP contribution in [0.3, 0.4) is 0 Å². The Morgan fingerprint density at radius 3 is 2.75 bits per heavy atom. The van der Waals surface area contributed by atoms with Gasteiger partial charge in [-0.05, 0) is 57.7 Å². The molecule has 0 radical (unpaired) electrons. The van der Waals surface area contributed by atoms with E-state index in [-0.39, 0.29) is 10.3 Å². The van der Waals surface area contributed by atoms with E-state index in [2.05, 4.69) is 20.7 Å². The van der Waals surface area contributed by atoms with E-state index in [1.54, 1.807) is 29.2 Å². The molecule has 128 valence electrons. The predicted octanol–water partition coefficient (Wildman–Crippen LogP) is 3.44. The number of fused-ring (bicyclic) bond motifs is 1. The predicted molar refractivity (Wildman–Crippen MR) is 95.8 cm³/mol. The summed E-state index contributed by atoms with van der Waals surface area (Å²) in [6.07, 6.45) is 0.338. The van der Waals surface area contributed by atoms with Crippen molar-refractivity contribution in [1.82, 2.24) is 4.90 Å². The summed E-state index contributed by atoms with van der Waals surface area (Å²) in [4.78, 5) is 13.3. The van der Waals surface area contributed by atoms with Gasteiger partial charge in [0.05, 0.1) is 10.9 Å². The first kappa shape index (κ1) is 17.2. The molecule has 9 heteroatoms. The number of ether oxygens (including phenoxy) is 1. The number of benzene rings is 1. The fraction of sp³-hybridized carbons (Fsp3) is 0.267. The molecule has 0 saturated carbocycles. The van der Waals surface area contributed by atoms with E-state index in [4.69, 9.17) is 4.74 Å². The Balaban J connectivity index is 1.83. The van der Waals surface area contributed by atoms with E-state index in [9.17, 15) is 13.2 Å². The van der Waals surface area contributed by atoms with Gasteiger partial charge in [-0.15, -0.1) is 11.3 Å². The molecule has 0 spiro atoms. The van der Waals surface area contributed by atoms with Crippen molar-refractivity contribution in [2.75, 3.05) is 18.4 Å². The number of rotatable bonds is 3. The monoisotopic (exact) mass is 430 g/mol. The lowest BCUT2D eigenvalue weighted by Gasteiger charge is -2.28. The normalized spacial score (nSPS) is 14.2. The molecule has 2 aromatic rings. The van der Waals surface area contributed by atoms with E-state index in [1.807, 2.05) is 6.07 Å². The van der Waals surface area contributed by atoms with Gasteiger partial charge in [0.2, 0.25) is 0 Å². The van der Waals surface area contributed by atoms with Gasteiger partial charge < -0.3 is 9.64 Å². The molecule has 1 aliphatic rings. The number of anilines is 1. The number of amides is 1. The minimum Gasteiger partial charge on any atom is -0.453 e. The highest BCUT2D eigenvalue weighted by Crippen LogP contribution is 2.29. The number of carbonyl (C=O) groups excluding carboxylic acids is 1. The Morgan fingerprint density at radius 2 is 2.08 bits per heavy atom. The Bertz CT molecular complexity index is 879. The maximum Gasteiger partial charge on any atom is 0.409 e. The van der Waals surface area contributed by atoms with Crippen molar-refractivity contribution in [3.63, 3.8) is 0 Å². The highest BCUT2D eigenvalue weighted by molar-refractivity contribution is 9.11. The highest BCUT2D eigenvalue weighted by Gasteiger charge is 2.22. The van der Waals surface area contributed by atoms with Gasteiger partial charge >= 0.3 is 6.09 Å². The molecule has 1 N–H and O–H groups in total. The van der Waals surface area contributed by atoms with Crippen molar-refractivity contribution >= 4 is 49.1 Å². The van der Waals surface area contributed by atoms with Crippen LogP contribution in [0.25, 0.3) is 0 Å². The second kappa shape index (κ2) is 6.73. The number of sulfonamides is 1. The molecule has 1 amide bonds. The molecule has 0 fully saturated rings. The van der Waals surface area contributed by atoms with Gasteiger partial charge in [0, 0.05) is 18.8 Å². The molecule has 3 rings (SSSR count). The molecular weight excluding hydrogens is 416 g/mol. The third kappa shape index (κ3) is 3.57. The topological polar surface area (TPSA) is 75.7 Å². The largest absolute Gasteiger partial charge is 0.453 e. The van der Waals surface area contributed by atoms with Crippen molar-refractivity contribution in [1.29, 1.82) is 0 Å². The Hall–Kier alpha value is -1.58. The third-order valence-corrected chi connectivity index (χ3v) is 7.21. The van der Waals surface area contributed by atoms with Gasteiger partial charge in [0.1, 0.15) is 4.21 Å². The second-order valence-corrected chi connectivity index (χ2v) is 9.66. The molecule has 0 aliphatic carbocycles. The van der Waals surface area contributed by atoms with Crippen molar-refractivity contribution in [3.05, 3.63) is 45.2 Å². The molecule has 1 aliphatic heterocycles. The van der Waals surface area contributed by atoms with Crippen LogP contribution in [0, 0.1) is 0 Å². The third-order valence-electron chi connectivity index (χ3n) is 3.72. The van der Waals surface area contributed by atoms with Gasteiger partial charge in [-0.1, -0.05) is 6.07 Å². The number of halogens is 1. The van der Waals surface area contributed by atoms with Crippen LogP contribution in [0.4, 0.5) is 10.5 Å². The lowest BCUT2D eigenvalue weighted by Crippen LogP contribution is -2.35. The van der Waals surface area contributed by atoms with E-state index >= 15 is 0 Å². The number of carbonyl (C=O) groups is 1. The Kier molecular flexibility index (Phi) is 4.84. The first-order valence-electron chi connectivity index (χ1n) is 7.12. The fourth-order valence-corrected chi connectivity index (χ4v) is 5.61. The smallest absolute Gasteiger partial charge is 0.409 e. The zero-order valence-corrected chi connectivity index (χ0v) is 16.0. The van der Waals surface area contributed by atoms with Gasteiger partial charge in [-0.2, -0.15) is 0 Å². The molecule has 0 atom stereocenters. The van der Waals surface area contributed by atoms with Crippen LogP contribution in [0.15, 0.2) is 38.3 Å². The van der Waals surface area contributed by atoms with E-state index in [0.717, 1.165) is 32.7 Å². The molecule has 0 saturated heterocycles. The number of methoxy groups -OCH3 is 1. The molecule has 0 bridgehead atoms. The maximum atomic E-state index is 12.4. The van der Waals surface area contributed by atoms with Crippen LogP contribution < -0.4 is 4.72 Å². The zero-order chi connectivity index (χ0) is 17.3. The molecule has 6 nitrogen and oxygen atoms in total. The lowest BCUT2D eigenvalue weighted by molar-refractivity contribution is 0.118. The van der Waals surface area contributed by atoms with E-state index in [1.165, 1.54) is 7.11 Å². The molecule has 1 aromatic heterocycles. The number of nitrogens with one attached hydrogen (secondary N) is 1. The van der Waals surface area contributed by atoms with E-state index < -0.39 is 10.0 Å².